The maximum Gasteiger partial charge on any atom is 0.295 e. The van der Waals surface area contributed by atoms with E-state index in [1.54, 1.807) is 43.5 Å². The Balaban J connectivity index is 1.66. The van der Waals surface area contributed by atoms with Crippen molar-refractivity contribution in [3.63, 3.8) is 0 Å². The number of hydrogen-bond acceptors (Lipinski definition) is 7. The van der Waals surface area contributed by atoms with Gasteiger partial charge >= 0.3 is 0 Å². The molecule has 3 aromatic rings. The molecule has 0 bridgehead atoms. The minimum Gasteiger partial charge on any atom is -0.507 e. The number of carbonyl (C=O) groups excluding carboxylic acids is 2. The molecule has 1 fully saturated rings. The zero-order valence-electron chi connectivity index (χ0n) is 21.6. The number of aliphatic hydroxyl groups excluding tert-OH is 1. The number of Topliss-reactive ketones (excluding diaryl/α,β-unsaturated/α-hetero) is 1. The van der Waals surface area contributed by atoms with E-state index in [0.29, 0.717) is 36.5 Å². The maximum absolute atomic E-state index is 13.2. The van der Waals surface area contributed by atoms with Crippen molar-refractivity contribution in [2.45, 2.75) is 26.0 Å². The molecule has 0 aliphatic carbocycles. The van der Waals surface area contributed by atoms with Gasteiger partial charge in [0.15, 0.2) is 11.5 Å². The largest absolute Gasteiger partial charge is 0.507 e. The van der Waals surface area contributed by atoms with E-state index >= 15 is 0 Å². The Morgan fingerprint density at radius 3 is 2.45 bits per heavy atom. The van der Waals surface area contributed by atoms with Crippen molar-refractivity contribution < 1.29 is 34.0 Å². The zero-order chi connectivity index (χ0) is 27.2. The molecule has 8 nitrogen and oxygen atoms in total. The SMILES string of the molecule is COCCCN1C(=O)C(=O)/C(=C(\O)c2ccc(OCc3cccc(C)c3)cc2)C1c1ccc(O)c(OC)c1. The van der Waals surface area contributed by atoms with Crippen LogP contribution < -0.4 is 9.47 Å². The highest BCUT2D eigenvalue weighted by Gasteiger charge is 2.46. The molecular weight excluding hydrogens is 486 g/mol. The second-order valence-corrected chi connectivity index (χ2v) is 9.07. The quantitative estimate of drug-likeness (QED) is 0.173. The summed E-state index contributed by atoms with van der Waals surface area (Å²) in [7, 11) is 2.97. The third-order valence-electron chi connectivity index (χ3n) is 6.42. The molecule has 0 spiro atoms. The van der Waals surface area contributed by atoms with Gasteiger partial charge in [-0.25, -0.2) is 0 Å². The lowest BCUT2D eigenvalue weighted by atomic mass is 9.95. The monoisotopic (exact) mass is 517 g/mol. The summed E-state index contributed by atoms with van der Waals surface area (Å²) in [6, 6.07) is 18.5. The third kappa shape index (κ3) is 5.65. The van der Waals surface area contributed by atoms with E-state index in [-0.39, 0.29) is 29.4 Å². The predicted octanol–water partition coefficient (Wildman–Crippen LogP) is 4.75. The lowest BCUT2D eigenvalue weighted by molar-refractivity contribution is -0.140. The summed E-state index contributed by atoms with van der Waals surface area (Å²) in [6.45, 7) is 3.06. The number of amides is 1. The van der Waals surface area contributed by atoms with Crippen molar-refractivity contribution in [1.29, 1.82) is 0 Å². The fourth-order valence-electron chi connectivity index (χ4n) is 4.53. The van der Waals surface area contributed by atoms with E-state index < -0.39 is 17.7 Å². The van der Waals surface area contributed by atoms with E-state index in [4.69, 9.17) is 14.2 Å². The average molecular weight is 518 g/mol. The molecule has 0 aromatic heterocycles. The van der Waals surface area contributed by atoms with Crippen molar-refractivity contribution in [2.24, 2.45) is 0 Å². The number of rotatable bonds is 10. The topological polar surface area (TPSA) is 106 Å². The molecule has 0 radical (unpaired) electrons. The Hall–Kier alpha value is -4.30. The fourth-order valence-corrected chi connectivity index (χ4v) is 4.53. The summed E-state index contributed by atoms with van der Waals surface area (Å²) in [6.07, 6.45) is 0.502. The van der Waals surface area contributed by atoms with E-state index in [0.717, 1.165) is 11.1 Å². The first-order valence-corrected chi connectivity index (χ1v) is 12.3. The zero-order valence-corrected chi connectivity index (χ0v) is 21.6. The van der Waals surface area contributed by atoms with Crippen molar-refractivity contribution in [1.82, 2.24) is 4.90 Å². The normalized spacial score (nSPS) is 16.6. The molecule has 1 aliphatic heterocycles. The van der Waals surface area contributed by atoms with Crippen LogP contribution in [0.2, 0.25) is 0 Å². The number of aromatic hydroxyl groups is 1. The van der Waals surface area contributed by atoms with Crippen LogP contribution in [-0.2, 0) is 20.9 Å². The lowest BCUT2D eigenvalue weighted by Gasteiger charge is -2.25. The highest BCUT2D eigenvalue weighted by atomic mass is 16.5. The van der Waals surface area contributed by atoms with Gasteiger partial charge in [0.2, 0.25) is 0 Å². The first kappa shape index (κ1) is 26.8. The van der Waals surface area contributed by atoms with Crippen molar-refractivity contribution in [3.8, 4) is 17.2 Å². The molecule has 2 N–H and O–H groups in total. The molecule has 1 saturated heterocycles. The summed E-state index contributed by atoms with van der Waals surface area (Å²) < 4.78 is 16.2. The number of carbonyl (C=O) groups is 2. The number of aryl methyl sites for hydroxylation is 1. The molecule has 1 heterocycles. The Bertz CT molecular complexity index is 1350. The van der Waals surface area contributed by atoms with Crippen LogP contribution in [0.25, 0.3) is 5.76 Å². The van der Waals surface area contributed by atoms with Gasteiger partial charge in [-0.2, -0.15) is 0 Å². The summed E-state index contributed by atoms with van der Waals surface area (Å²) >= 11 is 0. The molecule has 1 unspecified atom stereocenters. The first-order valence-electron chi connectivity index (χ1n) is 12.3. The second kappa shape index (κ2) is 11.8. The third-order valence-corrected chi connectivity index (χ3v) is 6.42. The standard InChI is InChI=1S/C30H31NO7/c1-19-6-4-7-20(16-19)18-38-23-11-8-21(9-12-23)28(33)26-27(22-10-13-24(32)25(17-22)37-3)31(14-5-15-36-2)30(35)29(26)34/h4,6-13,16-17,27,32-33H,5,14-15,18H2,1-3H3/b28-26-. The number of benzene rings is 3. The number of nitrogens with zero attached hydrogens (tertiary/aromatic N) is 1. The van der Waals surface area contributed by atoms with Crippen LogP contribution in [0.3, 0.4) is 0 Å². The minimum atomic E-state index is -0.862. The van der Waals surface area contributed by atoms with Gasteiger partial charge in [0.25, 0.3) is 11.7 Å². The summed E-state index contributed by atoms with van der Waals surface area (Å²) in [5.74, 6) is -1.06. The van der Waals surface area contributed by atoms with E-state index in [2.05, 4.69) is 0 Å². The van der Waals surface area contributed by atoms with E-state index in [1.165, 1.54) is 18.1 Å². The Kier molecular flexibility index (Phi) is 8.33. The van der Waals surface area contributed by atoms with Gasteiger partial charge in [0.1, 0.15) is 18.1 Å². The van der Waals surface area contributed by atoms with E-state index in [1.807, 2.05) is 31.2 Å². The molecule has 1 atom stereocenters. The van der Waals surface area contributed by atoms with Gasteiger partial charge in [-0.3, -0.25) is 9.59 Å². The maximum atomic E-state index is 13.2. The number of ether oxygens (including phenoxy) is 3. The molecule has 8 heteroatoms. The smallest absolute Gasteiger partial charge is 0.295 e. The molecule has 1 aliphatic rings. The van der Waals surface area contributed by atoms with Crippen molar-refractivity contribution in [3.05, 3.63) is 94.6 Å². The molecule has 4 rings (SSSR count). The molecule has 198 valence electrons. The summed E-state index contributed by atoms with van der Waals surface area (Å²) in [5.41, 5.74) is 3.05. The van der Waals surface area contributed by atoms with Gasteiger partial charge in [-0.15, -0.1) is 0 Å². The van der Waals surface area contributed by atoms with Crippen molar-refractivity contribution >= 4 is 17.4 Å². The number of ketones is 1. The number of likely N-dealkylation sites (tertiary alicyclic amines) is 1. The second-order valence-electron chi connectivity index (χ2n) is 9.07. The highest BCUT2D eigenvalue weighted by Crippen LogP contribution is 2.42. The molecule has 38 heavy (non-hydrogen) atoms. The van der Waals surface area contributed by atoms with Crippen LogP contribution >= 0.6 is 0 Å². The van der Waals surface area contributed by atoms with Crippen LogP contribution in [0.1, 0.15) is 34.7 Å². The van der Waals surface area contributed by atoms with Crippen LogP contribution in [0, 0.1) is 6.92 Å². The highest BCUT2D eigenvalue weighted by molar-refractivity contribution is 6.46. The van der Waals surface area contributed by atoms with Gasteiger partial charge in [0, 0.05) is 25.8 Å². The van der Waals surface area contributed by atoms with Gasteiger partial charge < -0.3 is 29.3 Å². The molecule has 3 aromatic carbocycles. The van der Waals surface area contributed by atoms with E-state index in [9.17, 15) is 19.8 Å². The van der Waals surface area contributed by atoms with Gasteiger partial charge in [-0.05, 0) is 60.9 Å². The minimum absolute atomic E-state index is 0.0337. The van der Waals surface area contributed by atoms with Gasteiger partial charge in [-0.1, -0.05) is 35.9 Å². The van der Waals surface area contributed by atoms with Crippen LogP contribution in [0.5, 0.6) is 17.2 Å². The van der Waals surface area contributed by atoms with Crippen LogP contribution in [0.15, 0.2) is 72.3 Å². The number of phenols is 1. The number of methoxy groups -OCH3 is 2. The fraction of sp³-hybridized carbons (Fsp3) is 0.267. The Morgan fingerprint density at radius 1 is 1.00 bits per heavy atom. The molecule has 0 saturated carbocycles. The number of aliphatic hydroxyl groups is 1. The first-order chi connectivity index (χ1) is 18.3. The predicted molar refractivity (Wildman–Crippen MR) is 142 cm³/mol. The lowest BCUT2D eigenvalue weighted by Crippen LogP contribution is -2.31. The molecular formula is C30H31NO7. The summed E-state index contributed by atoms with van der Waals surface area (Å²) in [5, 5.41) is 21.3. The molecule has 1 amide bonds. The van der Waals surface area contributed by atoms with Crippen LogP contribution in [0.4, 0.5) is 0 Å². The summed E-state index contributed by atoms with van der Waals surface area (Å²) in [4.78, 5) is 27.6. The van der Waals surface area contributed by atoms with Gasteiger partial charge in [0.05, 0.1) is 18.7 Å². The van der Waals surface area contributed by atoms with Crippen LogP contribution in [-0.4, -0.2) is 54.2 Å². The Morgan fingerprint density at radius 2 is 1.76 bits per heavy atom. The Labute approximate surface area is 221 Å². The van der Waals surface area contributed by atoms with Crippen molar-refractivity contribution in [2.75, 3.05) is 27.4 Å². The number of phenolic OH excluding ortho intramolecular Hbond substituents is 1. The average Bonchev–Trinajstić information content (AvgIpc) is 3.17. The number of hydrogen-bond donors (Lipinski definition) is 2.